The molecule has 0 spiro atoms. The highest BCUT2D eigenvalue weighted by molar-refractivity contribution is 7.10. The highest BCUT2D eigenvalue weighted by Crippen LogP contribution is 2.18. The molecule has 2 aromatic carbocycles. The van der Waals surface area contributed by atoms with Crippen LogP contribution >= 0.6 is 11.3 Å². The molecule has 29 heavy (non-hydrogen) atoms. The summed E-state index contributed by atoms with van der Waals surface area (Å²) in [6, 6.07) is 18.6. The zero-order chi connectivity index (χ0) is 19.7. The van der Waals surface area contributed by atoms with E-state index in [4.69, 9.17) is 4.74 Å². The highest BCUT2D eigenvalue weighted by Gasteiger charge is 2.02. The Morgan fingerprint density at radius 1 is 1.00 bits per heavy atom. The molecule has 0 saturated heterocycles. The molecule has 2 heterocycles. The van der Waals surface area contributed by atoms with E-state index in [0.29, 0.717) is 6.61 Å². The smallest absolute Gasteiger partial charge is 0.131 e. The van der Waals surface area contributed by atoms with Gasteiger partial charge in [0.25, 0.3) is 0 Å². The second kappa shape index (κ2) is 9.85. The number of nitrogens with zero attached hydrogens (tertiary/aromatic N) is 3. The number of imidazole rings is 1. The molecule has 0 fully saturated rings. The minimum atomic E-state index is 0.482. The maximum Gasteiger partial charge on any atom is 0.131 e. The van der Waals surface area contributed by atoms with Crippen molar-refractivity contribution in [1.29, 1.82) is 0 Å². The first kappa shape index (κ1) is 19.2. The first-order valence-electron chi connectivity index (χ1n) is 9.70. The first-order valence-corrected chi connectivity index (χ1v) is 10.6. The van der Waals surface area contributed by atoms with Gasteiger partial charge in [-0.1, -0.05) is 48.5 Å². The van der Waals surface area contributed by atoms with Gasteiger partial charge in [-0.3, -0.25) is 0 Å². The van der Waals surface area contributed by atoms with E-state index in [1.165, 1.54) is 11.1 Å². The zero-order valence-corrected chi connectivity index (χ0v) is 17.0. The van der Waals surface area contributed by atoms with E-state index in [1.807, 2.05) is 55.1 Å². The Labute approximate surface area is 175 Å². The minimum Gasteiger partial charge on any atom is -0.487 e. The fourth-order valence-electron chi connectivity index (χ4n) is 2.99. The summed E-state index contributed by atoms with van der Waals surface area (Å²) in [5.74, 6) is 0.873. The van der Waals surface area contributed by atoms with Crippen LogP contribution in [-0.4, -0.2) is 14.5 Å². The average molecular weight is 402 g/mol. The van der Waals surface area contributed by atoms with Gasteiger partial charge in [-0.15, -0.1) is 11.3 Å². The summed E-state index contributed by atoms with van der Waals surface area (Å²) in [4.78, 5) is 8.69. The summed E-state index contributed by atoms with van der Waals surface area (Å²) in [5.41, 5.74) is 3.44. The van der Waals surface area contributed by atoms with Gasteiger partial charge in [0, 0.05) is 24.3 Å². The van der Waals surface area contributed by atoms with Gasteiger partial charge in [0.15, 0.2) is 0 Å². The summed E-state index contributed by atoms with van der Waals surface area (Å²) in [6.07, 6.45) is 11.9. The molecule has 0 unspecified atom stereocenters. The number of thiazole rings is 1. The summed E-state index contributed by atoms with van der Waals surface area (Å²) in [5, 5.41) is 3.04. The first-order chi connectivity index (χ1) is 14.3. The molecule has 0 aliphatic heterocycles. The fraction of sp³-hybridized carbons (Fsp3) is 0.167. The number of ether oxygens (including phenoxy) is 1. The van der Waals surface area contributed by atoms with Crippen molar-refractivity contribution in [2.45, 2.75) is 26.0 Å². The highest BCUT2D eigenvalue weighted by atomic mass is 32.1. The Bertz CT molecular complexity index is 1020. The van der Waals surface area contributed by atoms with Crippen LogP contribution in [0.25, 0.3) is 12.2 Å². The molecule has 0 radical (unpaired) electrons. The lowest BCUT2D eigenvalue weighted by atomic mass is 10.1. The third kappa shape index (κ3) is 5.90. The Kier molecular flexibility index (Phi) is 6.50. The summed E-state index contributed by atoms with van der Waals surface area (Å²) in [6.45, 7) is 1.47. The lowest BCUT2D eigenvalue weighted by molar-refractivity contribution is 0.302. The quantitative estimate of drug-likeness (QED) is 0.360. The van der Waals surface area contributed by atoms with E-state index in [0.717, 1.165) is 35.8 Å². The van der Waals surface area contributed by atoms with Crippen molar-refractivity contribution in [3.05, 3.63) is 101 Å². The van der Waals surface area contributed by atoms with Gasteiger partial charge < -0.3 is 9.30 Å². The fourth-order valence-corrected chi connectivity index (χ4v) is 3.69. The van der Waals surface area contributed by atoms with Crippen molar-refractivity contribution in [3.63, 3.8) is 0 Å². The molecule has 4 aromatic rings. The molecule has 0 atom stereocenters. The van der Waals surface area contributed by atoms with Gasteiger partial charge in [0.1, 0.15) is 17.4 Å². The molecular formula is C24H23N3OS. The molecule has 5 heteroatoms. The van der Waals surface area contributed by atoms with Crippen molar-refractivity contribution in [2.75, 3.05) is 0 Å². The average Bonchev–Trinajstić information content (AvgIpc) is 3.45. The molecule has 0 N–H and O–H groups in total. The van der Waals surface area contributed by atoms with E-state index >= 15 is 0 Å². The Balaban J connectivity index is 1.24. The number of hydrogen-bond donors (Lipinski definition) is 0. The molecule has 4 nitrogen and oxygen atoms in total. The van der Waals surface area contributed by atoms with Crippen LogP contribution in [0.2, 0.25) is 0 Å². The topological polar surface area (TPSA) is 39.9 Å². The molecular weight excluding hydrogens is 378 g/mol. The number of aromatic nitrogens is 3. The van der Waals surface area contributed by atoms with Crippen LogP contribution in [0.4, 0.5) is 0 Å². The van der Waals surface area contributed by atoms with Crippen LogP contribution in [0.15, 0.2) is 78.7 Å². The normalized spacial score (nSPS) is 11.2. The Morgan fingerprint density at radius 3 is 2.66 bits per heavy atom. The van der Waals surface area contributed by atoms with Gasteiger partial charge in [0.2, 0.25) is 0 Å². The monoisotopic (exact) mass is 401 g/mol. The number of rotatable bonds is 9. The largest absolute Gasteiger partial charge is 0.487 e. The molecule has 0 amide bonds. The van der Waals surface area contributed by atoms with Crippen molar-refractivity contribution < 1.29 is 4.74 Å². The second-order valence-corrected chi connectivity index (χ2v) is 7.65. The lowest BCUT2D eigenvalue weighted by Crippen LogP contribution is -1.98. The predicted molar refractivity (Wildman–Crippen MR) is 119 cm³/mol. The molecule has 0 saturated carbocycles. The van der Waals surface area contributed by atoms with E-state index in [2.05, 4.69) is 50.3 Å². The lowest BCUT2D eigenvalue weighted by Gasteiger charge is -2.06. The SMILES string of the molecule is C(=Cc1nc(COc2ccc(CCCn3ccnc3)cc2)cs1)c1ccccc1. The molecule has 2 aromatic heterocycles. The number of benzene rings is 2. The zero-order valence-electron chi connectivity index (χ0n) is 16.1. The number of aryl methyl sites for hydroxylation is 2. The van der Waals surface area contributed by atoms with Gasteiger partial charge in [-0.25, -0.2) is 9.97 Å². The standard InChI is InChI=1S/C24H23N3OS/c1-2-5-20(6-3-1)10-13-24-26-22(18-29-24)17-28-23-11-8-21(9-12-23)7-4-15-27-16-14-25-19-27/h1-3,5-6,8-14,16,18-19H,4,7,15,17H2. The van der Waals surface area contributed by atoms with E-state index in [1.54, 1.807) is 11.3 Å². The van der Waals surface area contributed by atoms with Crippen molar-refractivity contribution >= 4 is 23.5 Å². The Hall–Kier alpha value is -3.18. The molecule has 0 aliphatic carbocycles. The number of hydrogen-bond acceptors (Lipinski definition) is 4. The van der Waals surface area contributed by atoms with Crippen LogP contribution in [0.3, 0.4) is 0 Å². The maximum absolute atomic E-state index is 5.89. The summed E-state index contributed by atoms with van der Waals surface area (Å²) in [7, 11) is 0. The van der Waals surface area contributed by atoms with Gasteiger partial charge in [-0.05, 0) is 42.2 Å². The van der Waals surface area contributed by atoms with E-state index in [9.17, 15) is 0 Å². The molecule has 0 aliphatic rings. The third-order valence-electron chi connectivity index (χ3n) is 4.54. The second-order valence-electron chi connectivity index (χ2n) is 6.76. The van der Waals surface area contributed by atoms with E-state index in [-0.39, 0.29) is 0 Å². The van der Waals surface area contributed by atoms with Gasteiger partial charge >= 0.3 is 0 Å². The molecule has 4 rings (SSSR count). The molecule has 0 bridgehead atoms. The van der Waals surface area contributed by atoms with Crippen LogP contribution in [0.1, 0.15) is 28.2 Å². The van der Waals surface area contributed by atoms with Gasteiger partial charge in [-0.2, -0.15) is 0 Å². The summed E-state index contributed by atoms with van der Waals surface area (Å²) >= 11 is 1.63. The predicted octanol–water partition coefficient (Wildman–Crippen LogP) is 5.72. The van der Waals surface area contributed by atoms with Gasteiger partial charge in [0.05, 0.1) is 12.0 Å². The van der Waals surface area contributed by atoms with Crippen LogP contribution in [-0.2, 0) is 19.6 Å². The maximum atomic E-state index is 5.89. The Morgan fingerprint density at radius 2 is 1.86 bits per heavy atom. The summed E-state index contributed by atoms with van der Waals surface area (Å²) < 4.78 is 8.00. The minimum absolute atomic E-state index is 0.482. The van der Waals surface area contributed by atoms with Crippen molar-refractivity contribution in [3.8, 4) is 5.75 Å². The van der Waals surface area contributed by atoms with Crippen LogP contribution < -0.4 is 4.74 Å². The third-order valence-corrected chi connectivity index (χ3v) is 5.40. The van der Waals surface area contributed by atoms with Crippen molar-refractivity contribution in [1.82, 2.24) is 14.5 Å². The molecule has 146 valence electrons. The van der Waals surface area contributed by atoms with Crippen molar-refractivity contribution in [2.24, 2.45) is 0 Å². The van der Waals surface area contributed by atoms with E-state index < -0.39 is 0 Å². The van der Waals surface area contributed by atoms with Crippen LogP contribution in [0, 0.1) is 0 Å². The van der Waals surface area contributed by atoms with Crippen LogP contribution in [0.5, 0.6) is 5.75 Å².